The maximum Gasteiger partial charge on any atom is 0.186 e. The summed E-state index contributed by atoms with van der Waals surface area (Å²) in [5.41, 5.74) is 1.58. The van der Waals surface area contributed by atoms with Crippen molar-refractivity contribution in [3.63, 3.8) is 0 Å². The summed E-state index contributed by atoms with van der Waals surface area (Å²) in [6.07, 6.45) is 5.70. The molecule has 0 aliphatic carbocycles. The van der Waals surface area contributed by atoms with Gasteiger partial charge in [0.15, 0.2) is 16.9 Å². The number of Topliss-reactive ketones (excluding diaryl/α,β-unsaturated/α-hetero) is 1. The number of allylic oxidation sites excluding steroid dienone is 2. The highest BCUT2D eigenvalue weighted by Crippen LogP contribution is 2.11. The molecule has 0 spiro atoms. The Bertz CT molecular complexity index is 532. The summed E-state index contributed by atoms with van der Waals surface area (Å²) in [5, 5.41) is 2.98. The molecule has 1 aliphatic rings. The molecule has 18 heavy (non-hydrogen) atoms. The van der Waals surface area contributed by atoms with Crippen LogP contribution in [0.3, 0.4) is 0 Å². The van der Waals surface area contributed by atoms with Gasteiger partial charge in [-0.05, 0) is 30.0 Å². The van der Waals surface area contributed by atoms with Crippen LogP contribution in [0.4, 0.5) is 0 Å². The molecule has 4 nitrogen and oxygen atoms in total. The van der Waals surface area contributed by atoms with Gasteiger partial charge >= 0.3 is 0 Å². The summed E-state index contributed by atoms with van der Waals surface area (Å²) in [6, 6.07) is 6.53. The standard InChI is InChI=1S/C13H13NO3S/c15-13(11-2-1-7-14-9-11)8-10-3-5-12(6-4-10)18(16)17/h1-7,14H,8-9H2,(H,16,17). The summed E-state index contributed by atoms with van der Waals surface area (Å²) in [7, 11) is 0. The van der Waals surface area contributed by atoms with E-state index >= 15 is 0 Å². The van der Waals surface area contributed by atoms with Crippen LogP contribution in [0.25, 0.3) is 0 Å². The third-order valence-corrected chi connectivity index (χ3v) is 3.33. The monoisotopic (exact) mass is 263 g/mol. The number of hydrogen-bond donors (Lipinski definition) is 2. The van der Waals surface area contributed by atoms with Gasteiger partial charge in [0.25, 0.3) is 0 Å². The summed E-state index contributed by atoms with van der Waals surface area (Å²) in [4.78, 5) is 12.3. The Labute approximate surface area is 108 Å². The second-order valence-electron chi connectivity index (χ2n) is 3.92. The second kappa shape index (κ2) is 5.75. The molecule has 1 aromatic rings. The minimum atomic E-state index is -1.97. The molecule has 1 heterocycles. The molecule has 0 saturated carbocycles. The Morgan fingerprint density at radius 1 is 1.33 bits per heavy atom. The third-order valence-electron chi connectivity index (χ3n) is 2.65. The third kappa shape index (κ3) is 3.15. The van der Waals surface area contributed by atoms with E-state index in [0.717, 1.165) is 11.1 Å². The Morgan fingerprint density at radius 3 is 2.61 bits per heavy atom. The number of benzene rings is 1. The van der Waals surface area contributed by atoms with Crippen LogP contribution < -0.4 is 5.32 Å². The van der Waals surface area contributed by atoms with Crippen LogP contribution in [0.2, 0.25) is 0 Å². The smallest absolute Gasteiger partial charge is 0.186 e. The molecule has 1 unspecified atom stereocenters. The van der Waals surface area contributed by atoms with Crippen molar-refractivity contribution in [2.24, 2.45) is 0 Å². The minimum Gasteiger partial charge on any atom is -0.387 e. The zero-order valence-corrected chi connectivity index (χ0v) is 10.4. The summed E-state index contributed by atoms with van der Waals surface area (Å²) in [6.45, 7) is 0.550. The van der Waals surface area contributed by atoms with E-state index in [2.05, 4.69) is 5.32 Å². The lowest BCUT2D eigenvalue weighted by molar-refractivity contribution is -0.115. The van der Waals surface area contributed by atoms with Crippen LogP contribution in [0.5, 0.6) is 0 Å². The molecule has 0 bridgehead atoms. The average Bonchev–Trinajstić information content (AvgIpc) is 2.40. The maximum absolute atomic E-state index is 11.9. The molecule has 0 amide bonds. The molecule has 0 radical (unpaired) electrons. The SMILES string of the molecule is O=C(Cc1ccc(S(=O)O)cc1)C1=CC=CNC1. The molecule has 0 aromatic heterocycles. The molecule has 5 heteroatoms. The molecular formula is C13H13NO3S. The Balaban J connectivity index is 2.05. The number of nitrogens with one attached hydrogen (secondary N) is 1. The van der Waals surface area contributed by atoms with Crippen LogP contribution in [0.1, 0.15) is 5.56 Å². The van der Waals surface area contributed by atoms with Crippen molar-refractivity contribution < 1.29 is 13.6 Å². The zero-order chi connectivity index (χ0) is 13.0. The molecule has 1 aromatic carbocycles. The number of carbonyl (C=O) groups excluding carboxylic acids is 1. The Morgan fingerprint density at radius 2 is 2.06 bits per heavy atom. The van der Waals surface area contributed by atoms with Gasteiger partial charge < -0.3 is 9.87 Å². The highest BCUT2D eigenvalue weighted by molar-refractivity contribution is 7.79. The van der Waals surface area contributed by atoms with Crippen molar-refractivity contribution >= 4 is 16.9 Å². The van der Waals surface area contributed by atoms with E-state index in [1.54, 1.807) is 42.6 Å². The van der Waals surface area contributed by atoms with Crippen molar-refractivity contribution in [3.05, 3.63) is 53.8 Å². The highest BCUT2D eigenvalue weighted by Gasteiger charge is 2.11. The quantitative estimate of drug-likeness (QED) is 0.806. The molecule has 2 N–H and O–H groups in total. The van der Waals surface area contributed by atoms with Gasteiger partial charge in [0, 0.05) is 18.5 Å². The van der Waals surface area contributed by atoms with Gasteiger partial charge in [-0.15, -0.1) is 0 Å². The lowest BCUT2D eigenvalue weighted by atomic mass is 10.0. The normalized spacial score (nSPS) is 15.7. The summed E-state index contributed by atoms with van der Waals surface area (Å²) < 4.78 is 19.7. The van der Waals surface area contributed by atoms with Gasteiger partial charge in [-0.25, -0.2) is 4.21 Å². The lowest BCUT2D eigenvalue weighted by Crippen LogP contribution is -2.20. The van der Waals surface area contributed by atoms with Gasteiger partial charge in [0.1, 0.15) is 0 Å². The van der Waals surface area contributed by atoms with E-state index in [9.17, 15) is 9.00 Å². The summed E-state index contributed by atoms with van der Waals surface area (Å²) >= 11 is -1.97. The first kappa shape index (κ1) is 12.7. The van der Waals surface area contributed by atoms with Crippen LogP contribution in [0.15, 0.2) is 53.1 Å². The first-order valence-corrected chi connectivity index (χ1v) is 6.59. The van der Waals surface area contributed by atoms with Gasteiger partial charge in [-0.2, -0.15) is 0 Å². The van der Waals surface area contributed by atoms with E-state index in [-0.39, 0.29) is 5.78 Å². The fourth-order valence-corrected chi connectivity index (χ4v) is 2.04. The Hall–Kier alpha value is -1.72. The van der Waals surface area contributed by atoms with E-state index < -0.39 is 11.1 Å². The first-order valence-electron chi connectivity index (χ1n) is 5.49. The first-order chi connectivity index (χ1) is 8.66. The highest BCUT2D eigenvalue weighted by atomic mass is 32.2. The van der Waals surface area contributed by atoms with Gasteiger partial charge in [-0.1, -0.05) is 18.2 Å². The molecule has 0 fully saturated rings. The largest absolute Gasteiger partial charge is 0.387 e. The van der Waals surface area contributed by atoms with Gasteiger partial charge in [0.05, 0.1) is 4.90 Å². The number of dihydropyridines is 1. The second-order valence-corrected chi connectivity index (χ2v) is 4.89. The molecular weight excluding hydrogens is 250 g/mol. The molecule has 1 atom stereocenters. The Kier molecular flexibility index (Phi) is 4.07. The fourth-order valence-electron chi connectivity index (χ4n) is 1.67. The van der Waals surface area contributed by atoms with Crippen molar-refractivity contribution in [1.82, 2.24) is 5.32 Å². The average molecular weight is 263 g/mol. The van der Waals surface area contributed by atoms with Crippen molar-refractivity contribution in [1.29, 1.82) is 0 Å². The minimum absolute atomic E-state index is 0.0599. The number of carbonyl (C=O) groups is 1. The predicted molar refractivity (Wildman–Crippen MR) is 69.4 cm³/mol. The van der Waals surface area contributed by atoms with E-state index in [1.807, 2.05) is 0 Å². The van der Waals surface area contributed by atoms with Gasteiger partial charge in [0.2, 0.25) is 0 Å². The zero-order valence-electron chi connectivity index (χ0n) is 9.63. The van der Waals surface area contributed by atoms with Crippen LogP contribution in [0, 0.1) is 0 Å². The number of ketones is 1. The fraction of sp³-hybridized carbons (Fsp3) is 0.154. The number of hydrogen-bond acceptors (Lipinski definition) is 3. The molecule has 2 rings (SSSR count). The maximum atomic E-state index is 11.9. The molecule has 0 saturated heterocycles. The van der Waals surface area contributed by atoms with E-state index in [1.165, 1.54) is 0 Å². The number of rotatable bonds is 4. The van der Waals surface area contributed by atoms with E-state index in [4.69, 9.17) is 4.55 Å². The predicted octanol–water partition coefficient (Wildman–Crippen LogP) is 1.42. The lowest BCUT2D eigenvalue weighted by Gasteiger charge is -2.09. The van der Waals surface area contributed by atoms with Gasteiger partial charge in [-0.3, -0.25) is 4.79 Å². The summed E-state index contributed by atoms with van der Waals surface area (Å²) in [5.74, 6) is 0.0599. The van der Waals surface area contributed by atoms with Crippen LogP contribution in [-0.2, 0) is 22.3 Å². The van der Waals surface area contributed by atoms with Crippen molar-refractivity contribution in [2.45, 2.75) is 11.3 Å². The topological polar surface area (TPSA) is 66.4 Å². The van der Waals surface area contributed by atoms with Crippen molar-refractivity contribution in [3.8, 4) is 0 Å². The van der Waals surface area contributed by atoms with Crippen LogP contribution >= 0.6 is 0 Å². The molecule has 94 valence electrons. The molecule has 1 aliphatic heterocycles. The van der Waals surface area contributed by atoms with E-state index in [0.29, 0.717) is 17.9 Å². The van der Waals surface area contributed by atoms with Crippen LogP contribution in [-0.4, -0.2) is 21.1 Å². The van der Waals surface area contributed by atoms with Crippen molar-refractivity contribution in [2.75, 3.05) is 6.54 Å².